The molecule has 0 spiro atoms. The number of thioether (sulfide) groups is 1. The first-order valence-electron chi connectivity index (χ1n) is 5.97. The Labute approximate surface area is 118 Å². The Morgan fingerprint density at radius 3 is 2.68 bits per heavy atom. The first kappa shape index (κ1) is 15.6. The Balaban J connectivity index is 2.49. The van der Waals surface area contributed by atoms with E-state index in [-0.39, 0.29) is 12.5 Å². The molecule has 0 bridgehead atoms. The lowest BCUT2D eigenvalue weighted by molar-refractivity contribution is -0.128. The molecule has 0 radical (unpaired) electrons. The van der Waals surface area contributed by atoms with Gasteiger partial charge in [-0.05, 0) is 24.3 Å². The molecule has 0 atom stereocenters. The van der Waals surface area contributed by atoms with Crippen LogP contribution in [0.3, 0.4) is 0 Å². The highest BCUT2D eigenvalue weighted by atomic mass is 32.2. The van der Waals surface area contributed by atoms with Crippen molar-refractivity contribution >= 4 is 17.7 Å². The average molecular weight is 281 g/mol. The van der Waals surface area contributed by atoms with E-state index in [1.807, 2.05) is 24.3 Å². The highest BCUT2D eigenvalue weighted by Gasteiger charge is 2.11. The largest absolute Gasteiger partial charge is 0.497 e. The molecule has 0 saturated heterocycles. The Morgan fingerprint density at radius 2 is 2.16 bits per heavy atom. The third-order valence-corrected chi connectivity index (χ3v) is 3.49. The van der Waals surface area contributed by atoms with Crippen LogP contribution in [0.4, 0.5) is 0 Å². The molecule has 0 aliphatic carbocycles. The summed E-state index contributed by atoms with van der Waals surface area (Å²) in [4.78, 5) is 14.5. The smallest absolute Gasteiger partial charge is 0.233 e. The highest BCUT2D eigenvalue weighted by Crippen LogP contribution is 2.21. The third kappa shape index (κ3) is 5.36. The minimum atomic E-state index is -0.0349. The van der Waals surface area contributed by atoms with E-state index in [2.05, 4.69) is 6.58 Å². The van der Waals surface area contributed by atoms with Crippen LogP contribution in [0.1, 0.15) is 0 Å². The summed E-state index contributed by atoms with van der Waals surface area (Å²) >= 11 is 1.47. The molecule has 19 heavy (non-hydrogen) atoms. The van der Waals surface area contributed by atoms with Gasteiger partial charge in [-0.25, -0.2) is 0 Å². The molecule has 0 aliphatic heterocycles. The van der Waals surface area contributed by atoms with Crippen molar-refractivity contribution in [3.8, 4) is 5.75 Å². The number of amides is 1. The number of hydrogen-bond acceptors (Lipinski definition) is 4. The maximum absolute atomic E-state index is 11.9. The maximum Gasteiger partial charge on any atom is 0.233 e. The number of aliphatic hydroxyl groups excluding tert-OH is 1. The molecular formula is C14H19NO3S. The number of nitrogens with zero attached hydrogens (tertiary/aromatic N) is 1. The van der Waals surface area contributed by atoms with Gasteiger partial charge >= 0.3 is 0 Å². The van der Waals surface area contributed by atoms with Crippen LogP contribution in [0, 0.1) is 0 Å². The van der Waals surface area contributed by atoms with E-state index >= 15 is 0 Å². The van der Waals surface area contributed by atoms with Crippen LogP contribution in [0.5, 0.6) is 5.75 Å². The van der Waals surface area contributed by atoms with Crippen LogP contribution in [-0.2, 0) is 4.79 Å². The second kappa shape index (κ2) is 8.61. The summed E-state index contributed by atoms with van der Waals surface area (Å²) < 4.78 is 5.07. The van der Waals surface area contributed by atoms with Crippen molar-refractivity contribution in [1.82, 2.24) is 4.90 Å². The van der Waals surface area contributed by atoms with E-state index in [4.69, 9.17) is 9.84 Å². The van der Waals surface area contributed by atoms with Crippen LogP contribution >= 0.6 is 11.8 Å². The molecule has 0 unspecified atom stereocenters. The van der Waals surface area contributed by atoms with Crippen LogP contribution in [0.25, 0.3) is 0 Å². The maximum atomic E-state index is 11.9. The number of carbonyl (C=O) groups excluding carboxylic acids is 1. The Bertz CT molecular complexity index is 406. The van der Waals surface area contributed by atoms with E-state index < -0.39 is 0 Å². The molecule has 0 aliphatic rings. The van der Waals surface area contributed by atoms with Gasteiger partial charge in [0.15, 0.2) is 0 Å². The van der Waals surface area contributed by atoms with E-state index in [1.54, 1.807) is 18.1 Å². The molecule has 0 fully saturated rings. The predicted octanol–water partition coefficient (Wildman–Crippen LogP) is 1.79. The van der Waals surface area contributed by atoms with Crippen molar-refractivity contribution in [1.29, 1.82) is 0 Å². The van der Waals surface area contributed by atoms with Gasteiger partial charge in [-0.2, -0.15) is 0 Å². The first-order chi connectivity index (χ1) is 9.21. The monoisotopic (exact) mass is 281 g/mol. The molecule has 4 nitrogen and oxygen atoms in total. The SMILES string of the molecule is C=CCN(CCO)C(=O)CSc1ccc(OC)cc1. The van der Waals surface area contributed by atoms with Crippen molar-refractivity contribution in [3.05, 3.63) is 36.9 Å². The zero-order valence-corrected chi connectivity index (χ0v) is 11.9. The Hall–Kier alpha value is -1.46. The molecule has 0 aromatic heterocycles. The number of rotatable bonds is 8. The van der Waals surface area contributed by atoms with Crippen molar-refractivity contribution in [3.63, 3.8) is 0 Å². The fraction of sp³-hybridized carbons (Fsp3) is 0.357. The van der Waals surface area contributed by atoms with Gasteiger partial charge in [0.2, 0.25) is 5.91 Å². The van der Waals surface area contributed by atoms with Crippen LogP contribution in [-0.4, -0.2) is 48.5 Å². The van der Waals surface area contributed by atoms with Crippen LogP contribution < -0.4 is 4.74 Å². The Kier molecular flexibility index (Phi) is 7.07. The second-order valence-corrected chi connectivity index (χ2v) is 4.86. The number of methoxy groups -OCH3 is 1. The lowest BCUT2D eigenvalue weighted by atomic mass is 10.3. The molecule has 1 aromatic carbocycles. The van der Waals surface area contributed by atoms with E-state index in [0.717, 1.165) is 10.6 Å². The van der Waals surface area contributed by atoms with E-state index in [0.29, 0.717) is 18.8 Å². The lowest BCUT2D eigenvalue weighted by Crippen LogP contribution is -2.34. The van der Waals surface area contributed by atoms with Gasteiger partial charge in [0.05, 0.1) is 19.5 Å². The predicted molar refractivity (Wildman–Crippen MR) is 77.6 cm³/mol. The van der Waals surface area contributed by atoms with Gasteiger partial charge in [-0.1, -0.05) is 6.08 Å². The van der Waals surface area contributed by atoms with Crippen LogP contribution in [0.2, 0.25) is 0 Å². The number of aliphatic hydroxyl groups is 1. The van der Waals surface area contributed by atoms with Crippen LogP contribution in [0.15, 0.2) is 41.8 Å². The quantitative estimate of drug-likeness (QED) is 0.583. The number of hydrogen-bond donors (Lipinski definition) is 1. The van der Waals surface area contributed by atoms with Crippen molar-refractivity contribution in [2.75, 3.05) is 32.6 Å². The number of ether oxygens (including phenoxy) is 1. The van der Waals surface area contributed by atoms with Gasteiger partial charge in [-0.3, -0.25) is 4.79 Å². The van der Waals surface area contributed by atoms with Crippen molar-refractivity contribution in [2.24, 2.45) is 0 Å². The summed E-state index contributed by atoms with van der Waals surface area (Å²) in [6.07, 6.45) is 1.66. The minimum absolute atomic E-state index is 0.00484. The molecule has 1 amide bonds. The third-order valence-electron chi connectivity index (χ3n) is 2.49. The zero-order chi connectivity index (χ0) is 14.1. The molecule has 0 saturated carbocycles. The molecule has 1 aromatic rings. The summed E-state index contributed by atoms with van der Waals surface area (Å²) in [5.74, 6) is 1.14. The fourth-order valence-electron chi connectivity index (χ4n) is 1.50. The number of benzene rings is 1. The van der Waals surface area contributed by atoms with Gasteiger partial charge in [0.1, 0.15) is 5.75 Å². The summed E-state index contributed by atoms with van der Waals surface area (Å²) in [5.41, 5.74) is 0. The summed E-state index contributed by atoms with van der Waals surface area (Å²) in [6, 6.07) is 7.56. The molecule has 0 heterocycles. The summed E-state index contributed by atoms with van der Waals surface area (Å²) in [5, 5.41) is 8.91. The van der Waals surface area contributed by atoms with E-state index in [9.17, 15) is 4.79 Å². The topological polar surface area (TPSA) is 49.8 Å². The van der Waals surface area contributed by atoms with Crippen molar-refractivity contribution in [2.45, 2.75) is 4.90 Å². The lowest BCUT2D eigenvalue weighted by Gasteiger charge is -2.19. The molecule has 1 rings (SSSR count). The highest BCUT2D eigenvalue weighted by molar-refractivity contribution is 8.00. The van der Waals surface area contributed by atoms with Gasteiger partial charge in [0, 0.05) is 18.0 Å². The molecule has 104 valence electrons. The zero-order valence-electron chi connectivity index (χ0n) is 11.0. The summed E-state index contributed by atoms with van der Waals surface area (Å²) in [6.45, 7) is 4.37. The van der Waals surface area contributed by atoms with Crippen molar-refractivity contribution < 1.29 is 14.6 Å². The van der Waals surface area contributed by atoms with Gasteiger partial charge in [-0.15, -0.1) is 18.3 Å². The summed E-state index contributed by atoms with van der Waals surface area (Å²) in [7, 11) is 1.62. The normalized spacial score (nSPS) is 10.0. The van der Waals surface area contributed by atoms with Gasteiger partial charge in [0.25, 0.3) is 0 Å². The molecular weight excluding hydrogens is 262 g/mol. The second-order valence-electron chi connectivity index (χ2n) is 3.82. The molecule has 1 N–H and O–H groups in total. The fourth-order valence-corrected chi connectivity index (χ4v) is 2.30. The standard InChI is InChI=1S/C14H19NO3S/c1-3-8-15(9-10-16)14(17)11-19-13-6-4-12(18-2)5-7-13/h3-7,16H,1,8-11H2,2H3. The number of carbonyl (C=O) groups is 1. The molecule has 5 heteroatoms. The van der Waals surface area contributed by atoms with E-state index in [1.165, 1.54) is 11.8 Å². The Morgan fingerprint density at radius 1 is 1.47 bits per heavy atom. The first-order valence-corrected chi connectivity index (χ1v) is 6.96. The minimum Gasteiger partial charge on any atom is -0.497 e. The van der Waals surface area contributed by atoms with Gasteiger partial charge < -0.3 is 14.7 Å². The average Bonchev–Trinajstić information content (AvgIpc) is 2.45.